The maximum atomic E-state index is 14.3. The maximum absolute atomic E-state index is 14.3. The van der Waals surface area contributed by atoms with E-state index in [0.717, 1.165) is 31.5 Å². The van der Waals surface area contributed by atoms with Gasteiger partial charge < -0.3 is 15.7 Å². The SMILES string of the molecule is N#CB(C1CCC1)C1CCN(c2ccc3nc(C4=C/C(=C/N)C(=N)C(F)=C4O)ccc3n2)C1. The number of hydrogen-bond donors (Lipinski definition) is 3. The van der Waals surface area contributed by atoms with Crippen molar-refractivity contribution >= 4 is 34.8 Å². The van der Waals surface area contributed by atoms with E-state index in [-0.39, 0.29) is 17.9 Å². The summed E-state index contributed by atoms with van der Waals surface area (Å²) < 4.78 is 14.3. The molecule has 1 saturated heterocycles. The number of aliphatic hydroxyl groups excluding tert-OH is 1. The Labute approximate surface area is 191 Å². The van der Waals surface area contributed by atoms with Crippen LogP contribution in [0.2, 0.25) is 11.6 Å². The van der Waals surface area contributed by atoms with E-state index in [1.54, 1.807) is 12.1 Å². The number of rotatable bonds is 4. The number of anilines is 1. The van der Waals surface area contributed by atoms with Gasteiger partial charge in [0.2, 0.25) is 0 Å². The smallest absolute Gasteiger partial charge is 0.275 e. The maximum Gasteiger partial charge on any atom is 0.275 e. The summed E-state index contributed by atoms with van der Waals surface area (Å²) in [4.78, 5) is 11.6. The zero-order valence-corrected chi connectivity index (χ0v) is 18.1. The Balaban J connectivity index is 1.39. The Kier molecular flexibility index (Phi) is 5.37. The van der Waals surface area contributed by atoms with Gasteiger partial charge in [-0.2, -0.15) is 0 Å². The second-order valence-electron chi connectivity index (χ2n) is 8.96. The minimum atomic E-state index is -1.03. The molecule has 3 heterocycles. The van der Waals surface area contributed by atoms with Gasteiger partial charge in [-0.15, -0.1) is 0 Å². The lowest BCUT2D eigenvalue weighted by Crippen LogP contribution is -2.32. The molecule has 2 aromatic rings. The summed E-state index contributed by atoms with van der Waals surface area (Å²) in [7, 11) is 0. The molecule has 33 heavy (non-hydrogen) atoms. The quantitative estimate of drug-likeness (QED) is 0.606. The van der Waals surface area contributed by atoms with Crippen LogP contribution in [0.4, 0.5) is 10.2 Å². The molecule has 4 N–H and O–H groups in total. The summed E-state index contributed by atoms with van der Waals surface area (Å²) in [5, 5.41) is 27.6. The minimum Gasteiger partial charge on any atom is -0.504 e. The Morgan fingerprint density at radius 2 is 1.94 bits per heavy atom. The largest absolute Gasteiger partial charge is 0.504 e. The lowest BCUT2D eigenvalue weighted by Gasteiger charge is -2.30. The van der Waals surface area contributed by atoms with Crippen molar-refractivity contribution in [3.8, 4) is 5.97 Å². The van der Waals surface area contributed by atoms with Crippen molar-refractivity contribution in [1.82, 2.24) is 9.97 Å². The molecular weight excluding hydrogens is 418 g/mol. The van der Waals surface area contributed by atoms with Crippen molar-refractivity contribution in [1.29, 1.82) is 10.7 Å². The van der Waals surface area contributed by atoms with Crippen molar-refractivity contribution in [2.24, 2.45) is 5.73 Å². The number of nitrogens with one attached hydrogen (secondary N) is 1. The van der Waals surface area contributed by atoms with Gasteiger partial charge in [0, 0.05) is 36.4 Å². The molecular formula is C24H24BFN6O. The van der Waals surface area contributed by atoms with Gasteiger partial charge >= 0.3 is 0 Å². The first-order chi connectivity index (χ1) is 16.0. The molecule has 7 nitrogen and oxygen atoms in total. The van der Waals surface area contributed by atoms with E-state index in [1.165, 1.54) is 25.3 Å². The summed E-state index contributed by atoms with van der Waals surface area (Å²) in [6.45, 7) is 1.85. The average molecular weight is 442 g/mol. The molecule has 2 aromatic heterocycles. The highest BCUT2D eigenvalue weighted by Gasteiger charge is 2.40. The van der Waals surface area contributed by atoms with Crippen molar-refractivity contribution in [2.75, 3.05) is 18.0 Å². The predicted molar refractivity (Wildman–Crippen MR) is 128 cm³/mol. The second-order valence-corrected chi connectivity index (χ2v) is 8.96. The molecule has 1 saturated carbocycles. The van der Waals surface area contributed by atoms with Crippen LogP contribution in [-0.4, -0.2) is 40.6 Å². The van der Waals surface area contributed by atoms with Crippen molar-refractivity contribution in [3.63, 3.8) is 0 Å². The molecule has 0 bridgehead atoms. The molecule has 1 atom stereocenters. The second kappa shape index (κ2) is 8.36. The third-order valence-corrected chi connectivity index (χ3v) is 7.12. The minimum absolute atomic E-state index is 0.132. The number of nitrogens with zero attached hydrogens (tertiary/aromatic N) is 4. The first kappa shape index (κ1) is 21.2. The van der Waals surface area contributed by atoms with Gasteiger partial charge in [-0.25, -0.2) is 19.6 Å². The van der Waals surface area contributed by atoms with E-state index in [9.17, 15) is 14.8 Å². The van der Waals surface area contributed by atoms with Crippen LogP contribution in [0.3, 0.4) is 0 Å². The van der Waals surface area contributed by atoms with Crippen LogP contribution < -0.4 is 10.6 Å². The summed E-state index contributed by atoms with van der Waals surface area (Å²) in [5.74, 6) is 2.70. The first-order valence-electron chi connectivity index (χ1n) is 11.2. The molecule has 166 valence electrons. The summed E-state index contributed by atoms with van der Waals surface area (Å²) in [6, 6.07) is 7.24. The molecule has 5 rings (SSSR count). The van der Waals surface area contributed by atoms with Crippen molar-refractivity contribution in [3.05, 3.63) is 59.4 Å². The van der Waals surface area contributed by atoms with Gasteiger partial charge in [0.1, 0.15) is 11.5 Å². The van der Waals surface area contributed by atoms with Crippen LogP contribution in [0, 0.1) is 16.6 Å². The normalized spacial score (nSPS) is 22.5. The molecule has 0 spiro atoms. The fourth-order valence-electron chi connectivity index (χ4n) is 4.99. The molecule has 1 unspecified atom stereocenters. The summed E-state index contributed by atoms with van der Waals surface area (Å²) in [5.41, 5.74) is 7.08. The Morgan fingerprint density at radius 3 is 2.64 bits per heavy atom. The van der Waals surface area contributed by atoms with Crippen LogP contribution >= 0.6 is 0 Å². The van der Waals surface area contributed by atoms with Crippen LogP contribution in [0.5, 0.6) is 0 Å². The van der Waals surface area contributed by atoms with E-state index in [2.05, 4.69) is 15.9 Å². The zero-order chi connectivity index (χ0) is 23.1. The van der Waals surface area contributed by atoms with Crippen LogP contribution in [0.1, 0.15) is 31.4 Å². The van der Waals surface area contributed by atoms with E-state index in [0.29, 0.717) is 28.4 Å². The molecule has 9 heteroatoms. The Bertz CT molecular complexity index is 1280. The topological polar surface area (TPSA) is 123 Å². The molecule has 0 radical (unpaired) electrons. The number of allylic oxidation sites excluding steroid dienone is 4. The van der Waals surface area contributed by atoms with Crippen LogP contribution in [0.25, 0.3) is 16.6 Å². The number of aromatic nitrogens is 2. The van der Waals surface area contributed by atoms with Crippen molar-refractivity contribution in [2.45, 2.75) is 37.3 Å². The third kappa shape index (κ3) is 3.65. The monoisotopic (exact) mass is 442 g/mol. The number of hydrogen-bond acceptors (Lipinski definition) is 7. The third-order valence-electron chi connectivity index (χ3n) is 7.12. The van der Waals surface area contributed by atoms with Gasteiger partial charge in [0.25, 0.3) is 6.71 Å². The molecule has 1 aliphatic heterocycles. The number of fused-ring (bicyclic) bond motifs is 1. The van der Waals surface area contributed by atoms with Crippen LogP contribution in [-0.2, 0) is 0 Å². The van der Waals surface area contributed by atoms with E-state index in [4.69, 9.17) is 16.1 Å². The zero-order valence-electron chi connectivity index (χ0n) is 18.1. The highest BCUT2D eigenvalue weighted by atomic mass is 19.1. The van der Waals surface area contributed by atoms with E-state index < -0.39 is 17.3 Å². The lowest BCUT2D eigenvalue weighted by molar-refractivity contribution is 0.413. The number of halogens is 1. The lowest BCUT2D eigenvalue weighted by atomic mass is 9.31. The van der Waals surface area contributed by atoms with Gasteiger partial charge in [0.05, 0.1) is 16.7 Å². The Morgan fingerprint density at radius 1 is 1.18 bits per heavy atom. The molecule has 3 aliphatic rings. The fourth-order valence-corrected chi connectivity index (χ4v) is 4.99. The van der Waals surface area contributed by atoms with Gasteiger partial charge in [0.15, 0.2) is 11.6 Å². The van der Waals surface area contributed by atoms with Gasteiger partial charge in [-0.05, 0) is 48.4 Å². The first-order valence-corrected chi connectivity index (χ1v) is 11.2. The highest BCUT2D eigenvalue weighted by molar-refractivity contribution is 6.70. The number of pyridine rings is 2. The molecule has 0 aromatic carbocycles. The van der Waals surface area contributed by atoms with E-state index in [1.807, 2.05) is 12.1 Å². The summed E-state index contributed by atoms with van der Waals surface area (Å²) >= 11 is 0. The van der Waals surface area contributed by atoms with E-state index >= 15 is 0 Å². The fraction of sp³-hybridized carbons (Fsp3) is 0.333. The van der Waals surface area contributed by atoms with Crippen LogP contribution in [0.15, 0.2) is 53.7 Å². The van der Waals surface area contributed by atoms with Gasteiger partial charge in [-0.1, -0.05) is 19.3 Å². The predicted octanol–water partition coefficient (Wildman–Crippen LogP) is 4.32. The number of nitriles is 1. The summed E-state index contributed by atoms with van der Waals surface area (Å²) in [6.07, 6.45) is 7.17. The average Bonchev–Trinajstić information content (AvgIpc) is 3.29. The van der Waals surface area contributed by atoms with Gasteiger partial charge in [-0.3, -0.25) is 5.41 Å². The highest BCUT2D eigenvalue weighted by Crippen LogP contribution is 2.42. The van der Waals surface area contributed by atoms with Crippen molar-refractivity contribution < 1.29 is 9.50 Å². The number of aliphatic hydroxyl groups is 1. The molecule has 0 amide bonds. The molecule has 2 aliphatic carbocycles. The Hall–Kier alpha value is -3.67. The number of nitrogens with two attached hydrogens (primary N) is 1. The standard InChI is InChI=1S/C24H24BFN6O/c26-22-23(29)14(11-27)10-17(24(22)33)18-4-5-20-19(30-18)6-7-21(31-20)32-9-8-16(12-32)25(13-28)15-2-1-3-15/h4-7,10-11,15-16,29,33H,1-3,8-9,12,27H2/b14-11-,29-23?. The molecule has 2 fully saturated rings.